The lowest BCUT2D eigenvalue weighted by atomic mass is 9.47. The van der Waals surface area contributed by atoms with Crippen LogP contribution >= 0.6 is 0 Å². The predicted molar refractivity (Wildman–Crippen MR) is 134 cm³/mol. The number of carbonyl (C=O) groups is 2. The number of hydrogen-bond acceptors (Lipinski definition) is 6. The minimum atomic E-state index is -0.309. The number of nitrogens with zero attached hydrogens (tertiary/aromatic N) is 1. The highest BCUT2D eigenvalue weighted by Gasteiger charge is 2.64. The van der Waals surface area contributed by atoms with Crippen molar-refractivity contribution in [2.45, 2.75) is 82.9 Å². The maximum Gasteiger partial charge on any atom is 0.331 e. The number of hydrogen-bond donors (Lipinski definition) is 1. The third-order valence-corrected chi connectivity index (χ3v) is 9.32. The summed E-state index contributed by atoms with van der Waals surface area (Å²) in [4.78, 5) is 27.8. The normalized spacial score (nSPS) is 36.4. The van der Waals surface area contributed by atoms with Crippen molar-refractivity contribution in [3.05, 3.63) is 29.8 Å². The summed E-state index contributed by atoms with van der Waals surface area (Å²) in [6.07, 6.45) is 11.6. The molecule has 2 aliphatic heterocycles. The van der Waals surface area contributed by atoms with Gasteiger partial charge in [0.15, 0.2) is 11.5 Å². The third-order valence-electron chi connectivity index (χ3n) is 9.32. The van der Waals surface area contributed by atoms with Gasteiger partial charge in [-0.1, -0.05) is 13.0 Å². The molecule has 2 saturated heterocycles. The summed E-state index contributed by atoms with van der Waals surface area (Å²) in [6, 6.07) is 5.33. The monoisotopic (exact) mass is 481 g/mol. The smallest absolute Gasteiger partial charge is 0.331 e. The Hall–Kier alpha value is -2.34. The van der Waals surface area contributed by atoms with Gasteiger partial charge < -0.3 is 14.6 Å². The highest BCUT2D eigenvalue weighted by Crippen LogP contribution is 2.62. The Morgan fingerprint density at radius 2 is 2.03 bits per heavy atom. The maximum atomic E-state index is 13.0. The van der Waals surface area contributed by atoms with Crippen LogP contribution in [-0.2, 0) is 14.3 Å². The highest BCUT2D eigenvalue weighted by molar-refractivity contribution is 5.87. The van der Waals surface area contributed by atoms with Crippen LogP contribution in [0.3, 0.4) is 0 Å². The van der Waals surface area contributed by atoms with E-state index in [0.717, 1.165) is 37.8 Å². The lowest BCUT2D eigenvalue weighted by molar-refractivity contribution is -0.218. The Morgan fingerprint density at radius 3 is 2.80 bits per heavy atom. The summed E-state index contributed by atoms with van der Waals surface area (Å²) >= 11 is 0. The van der Waals surface area contributed by atoms with Crippen molar-refractivity contribution < 1.29 is 24.2 Å². The summed E-state index contributed by atoms with van der Waals surface area (Å²) in [5, 5.41) is 9.81. The molecule has 1 aromatic carbocycles. The largest absolute Gasteiger partial charge is 0.504 e. The zero-order valence-electron chi connectivity index (χ0n) is 21.2. The molecule has 0 radical (unpaired) electrons. The van der Waals surface area contributed by atoms with Crippen LogP contribution in [0.25, 0.3) is 6.08 Å². The first-order valence-electron chi connectivity index (χ1n) is 13.3. The van der Waals surface area contributed by atoms with E-state index in [4.69, 9.17) is 9.47 Å². The molecule has 5 rings (SSSR count). The lowest BCUT2D eigenvalue weighted by Crippen LogP contribution is -2.74. The summed E-state index contributed by atoms with van der Waals surface area (Å²) in [6.45, 7) is 5.17. The number of carbonyl (C=O) groups excluding carboxylic acids is 2. The Balaban J connectivity index is 1.38. The topological polar surface area (TPSA) is 76.1 Å². The van der Waals surface area contributed by atoms with Crippen LogP contribution in [0, 0.1) is 23.7 Å². The number of phenols is 1. The van der Waals surface area contributed by atoms with Gasteiger partial charge in [-0.05, 0) is 99.9 Å². The van der Waals surface area contributed by atoms with Crippen molar-refractivity contribution in [3.8, 4) is 11.5 Å². The number of phenolic OH excluding ortho intramolecular Hbond substituents is 1. The quantitative estimate of drug-likeness (QED) is 0.456. The van der Waals surface area contributed by atoms with E-state index in [-0.39, 0.29) is 29.1 Å². The van der Waals surface area contributed by atoms with Crippen molar-refractivity contribution in [3.63, 3.8) is 0 Å². The fourth-order valence-electron chi connectivity index (χ4n) is 8.38. The van der Waals surface area contributed by atoms with E-state index >= 15 is 0 Å². The molecule has 2 heterocycles. The number of piperidine rings is 2. The number of esters is 1. The average Bonchev–Trinajstić information content (AvgIpc) is 2.81. The first kappa shape index (κ1) is 24.4. The molecule has 2 saturated carbocycles. The molecule has 0 unspecified atom stereocenters. The number of aromatic hydroxyl groups is 1. The minimum absolute atomic E-state index is 0.0657. The van der Waals surface area contributed by atoms with Gasteiger partial charge in [0, 0.05) is 30.0 Å². The fraction of sp³-hybridized carbons (Fsp3) is 0.655. The summed E-state index contributed by atoms with van der Waals surface area (Å²) in [5.41, 5.74) is 0.837. The van der Waals surface area contributed by atoms with Crippen LogP contribution in [0.15, 0.2) is 24.3 Å². The first-order valence-corrected chi connectivity index (χ1v) is 13.3. The van der Waals surface area contributed by atoms with Crippen LogP contribution in [0.4, 0.5) is 0 Å². The number of ether oxygens (including phenoxy) is 2. The molecule has 2 bridgehead atoms. The molecule has 1 N–H and O–H groups in total. The molecule has 190 valence electrons. The van der Waals surface area contributed by atoms with Gasteiger partial charge in [0.1, 0.15) is 11.9 Å². The zero-order chi connectivity index (χ0) is 24.7. The molecule has 4 fully saturated rings. The molecule has 0 aromatic heterocycles. The van der Waals surface area contributed by atoms with E-state index in [1.807, 2.05) is 0 Å². The molecular weight excluding hydrogens is 442 g/mol. The van der Waals surface area contributed by atoms with Crippen molar-refractivity contribution in [2.75, 3.05) is 13.7 Å². The van der Waals surface area contributed by atoms with Crippen molar-refractivity contribution in [2.24, 2.45) is 23.7 Å². The number of benzene rings is 1. The molecule has 1 aromatic rings. The molecule has 1 spiro atoms. The summed E-state index contributed by atoms with van der Waals surface area (Å²) < 4.78 is 11.4. The number of methoxy groups -OCH3 is 1. The fourth-order valence-corrected chi connectivity index (χ4v) is 8.38. The van der Waals surface area contributed by atoms with E-state index in [0.29, 0.717) is 41.9 Å². The SMILES string of the molecule is COc1cc(/C=C/C(=O)O[C@@H]2C[C@@H]3C[C@H](C)C[C@]45[C@@H]3CCCN4[C@@H](CC(C)=O)CC[C@H]25)ccc1O. The van der Waals surface area contributed by atoms with Crippen LogP contribution < -0.4 is 4.74 Å². The minimum Gasteiger partial charge on any atom is -0.504 e. The number of Topliss-reactive ketones (excluding diaryl/α,β-unsaturated/α-hetero) is 1. The lowest BCUT2D eigenvalue weighted by Gasteiger charge is -2.69. The average molecular weight is 482 g/mol. The van der Waals surface area contributed by atoms with Gasteiger partial charge in [0.2, 0.25) is 0 Å². The second-order valence-electron chi connectivity index (χ2n) is 11.5. The second-order valence-corrected chi connectivity index (χ2v) is 11.5. The van der Waals surface area contributed by atoms with E-state index in [2.05, 4.69) is 11.8 Å². The van der Waals surface area contributed by atoms with Crippen LogP contribution in [0.1, 0.15) is 70.8 Å². The standard InChI is InChI=1S/C29H39NO5/c1-18-13-21-16-26(35-28(33)11-7-20-6-10-25(32)27(15-20)34-3)24-9-8-22(14-19(2)31)30-12-4-5-23(21)29(24,30)17-18/h6-7,10-11,15,18,21-24,26,32H,4-5,8-9,12-14,16-17H2,1-3H3/b11-7+/t18-,21-,22+,23+,24+,26+,29+/m0/s1. The van der Waals surface area contributed by atoms with E-state index in [1.54, 1.807) is 31.2 Å². The molecule has 0 amide bonds. The van der Waals surface area contributed by atoms with Crippen LogP contribution in [0.5, 0.6) is 11.5 Å². The Bertz CT molecular complexity index is 1000. The number of ketones is 1. The molecule has 6 heteroatoms. The molecule has 2 aliphatic carbocycles. The highest BCUT2D eigenvalue weighted by atomic mass is 16.5. The molecule has 7 atom stereocenters. The Labute approximate surface area is 208 Å². The maximum absolute atomic E-state index is 13.0. The van der Waals surface area contributed by atoms with Gasteiger partial charge in [-0.2, -0.15) is 0 Å². The molecule has 6 nitrogen and oxygen atoms in total. The van der Waals surface area contributed by atoms with Gasteiger partial charge in [0.25, 0.3) is 0 Å². The van der Waals surface area contributed by atoms with Crippen molar-refractivity contribution >= 4 is 17.8 Å². The Morgan fingerprint density at radius 1 is 1.20 bits per heavy atom. The van der Waals surface area contributed by atoms with Gasteiger partial charge in [0.05, 0.1) is 7.11 Å². The van der Waals surface area contributed by atoms with E-state index in [9.17, 15) is 14.7 Å². The van der Waals surface area contributed by atoms with E-state index < -0.39 is 0 Å². The second kappa shape index (κ2) is 9.61. The van der Waals surface area contributed by atoms with Gasteiger partial charge in [-0.25, -0.2) is 4.79 Å². The van der Waals surface area contributed by atoms with Crippen molar-refractivity contribution in [1.29, 1.82) is 0 Å². The summed E-state index contributed by atoms with van der Waals surface area (Å²) in [5.74, 6) is 2.65. The number of rotatable bonds is 6. The molecular formula is C29H39NO5. The summed E-state index contributed by atoms with van der Waals surface area (Å²) in [7, 11) is 1.50. The Kier molecular flexibility index (Phi) is 6.69. The predicted octanol–water partition coefficient (Wildman–Crippen LogP) is 4.98. The first-order chi connectivity index (χ1) is 16.8. The van der Waals surface area contributed by atoms with Crippen LogP contribution in [0.2, 0.25) is 0 Å². The van der Waals surface area contributed by atoms with Gasteiger partial charge >= 0.3 is 5.97 Å². The van der Waals surface area contributed by atoms with Gasteiger partial charge in [-0.3, -0.25) is 9.69 Å². The molecule has 4 aliphatic rings. The van der Waals surface area contributed by atoms with Crippen LogP contribution in [-0.4, -0.2) is 53.1 Å². The van der Waals surface area contributed by atoms with Gasteiger partial charge in [-0.15, -0.1) is 0 Å². The van der Waals surface area contributed by atoms with Crippen molar-refractivity contribution in [1.82, 2.24) is 4.90 Å². The molecule has 35 heavy (non-hydrogen) atoms. The third kappa shape index (κ3) is 4.39. The zero-order valence-corrected chi connectivity index (χ0v) is 21.2. The van der Waals surface area contributed by atoms with E-state index in [1.165, 1.54) is 32.4 Å².